The summed E-state index contributed by atoms with van der Waals surface area (Å²) in [5, 5.41) is 10.2. The van der Waals surface area contributed by atoms with Crippen molar-refractivity contribution in [2.24, 2.45) is 0 Å². The summed E-state index contributed by atoms with van der Waals surface area (Å²) in [7, 11) is 0. The van der Waals surface area contributed by atoms with E-state index in [9.17, 15) is 5.11 Å². The van der Waals surface area contributed by atoms with Crippen molar-refractivity contribution in [1.82, 2.24) is 4.98 Å². The number of nitrogens with zero attached hydrogens (tertiary/aromatic N) is 1. The first kappa shape index (κ1) is 13.2. The van der Waals surface area contributed by atoms with E-state index < -0.39 is 0 Å². The molecule has 0 unspecified atom stereocenters. The van der Waals surface area contributed by atoms with Gasteiger partial charge in [-0.05, 0) is 17.9 Å². The van der Waals surface area contributed by atoms with Gasteiger partial charge in [0.05, 0.1) is 17.2 Å². The molecule has 2 rings (SSSR count). The fourth-order valence-corrected chi connectivity index (χ4v) is 2.74. The Balaban J connectivity index is 2.34. The summed E-state index contributed by atoms with van der Waals surface area (Å²) >= 11 is 1.56. The zero-order chi connectivity index (χ0) is 13.3. The predicted octanol–water partition coefficient (Wildman–Crippen LogP) is 3.91. The second kappa shape index (κ2) is 4.82. The fourth-order valence-electron chi connectivity index (χ4n) is 1.81. The number of thiazole rings is 1. The molecule has 0 bridgehead atoms. The molecule has 0 saturated heterocycles. The van der Waals surface area contributed by atoms with E-state index in [-0.39, 0.29) is 12.0 Å². The molecular formula is C15H19NOS. The van der Waals surface area contributed by atoms with Crippen LogP contribution in [0.4, 0.5) is 0 Å². The van der Waals surface area contributed by atoms with Gasteiger partial charge < -0.3 is 5.11 Å². The van der Waals surface area contributed by atoms with Crippen LogP contribution in [0, 0.1) is 6.92 Å². The van der Waals surface area contributed by atoms with Crippen LogP contribution in [0.2, 0.25) is 0 Å². The van der Waals surface area contributed by atoms with E-state index in [1.807, 2.05) is 6.92 Å². The second-order valence-corrected chi connectivity index (χ2v) is 6.60. The van der Waals surface area contributed by atoms with Gasteiger partial charge in [-0.2, -0.15) is 0 Å². The molecule has 1 N–H and O–H groups in total. The first-order chi connectivity index (χ1) is 8.41. The van der Waals surface area contributed by atoms with Crippen molar-refractivity contribution in [3.8, 4) is 10.6 Å². The van der Waals surface area contributed by atoms with Crippen molar-refractivity contribution in [3.63, 3.8) is 0 Å². The number of aromatic nitrogens is 1. The number of hydrogen-bond donors (Lipinski definition) is 1. The molecule has 2 nitrogen and oxygen atoms in total. The number of benzene rings is 1. The Morgan fingerprint density at radius 1 is 1.17 bits per heavy atom. The number of hydrogen-bond acceptors (Lipinski definition) is 3. The smallest absolute Gasteiger partial charge is 0.123 e. The van der Waals surface area contributed by atoms with Gasteiger partial charge in [-0.15, -0.1) is 11.3 Å². The summed E-state index contributed by atoms with van der Waals surface area (Å²) < 4.78 is 0. The molecular weight excluding hydrogens is 242 g/mol. The zero-order valence-corrected chi connectivity index (χ0v) is 12.1. The van der Waals surface area contributed by atoms with E-state index in [2.05, 4.69) is 50.0 Å². The second-order valence-electron chi connectivity index (χ2n) is 5.51. The third-order valence-corrected chi connectivity index (χ3v) is 4.23. The number of aliphatic hydroxyl groups is 1. The van der Waals surface area contributed by atoms with Gasteiger partial charge >= 0.3 is 0 Å². The maximum Gasteiger partial charge on any atom is 0.123 e. The lowest BCUT2D eigenvalue weighted by atomic mass is 9.87. The molecule has 18 heavy (non-hydrogen) atoms. The van der Waals surface area contributed by atoms with Crippen LogP contribution in [0.5, 0.6) is 0 Å². The lowest BCUT2D eigenvalue weighted by molar-refractivity contribution is 0.284. The van der Waals surface area contributed by atoms with Crippen LogP contribution in [-0.4, -0.2) is 10.1 Å². The highest BCUT2D eigenvalue weighted by Crippen LogP contribution is 2.30. The number of rotatable bonds is 2. The van der Waals surface area contributed by atoms with Gasteiger partial charge in [0, 0.05) is 5.56 Å². The van der Waals surface area contributed by atoms with E-state index in [4.69, 9.17) is 0 Å². The van der Waals surface area contributed by atoms with Crippen molar-refractivity contribution in [1.29, 1.82) is 0 Å². The average molecular weight is 261 g/mol. The van der Waals surface area contributed by atoms with Crippen molar-refractivity contribution < 1.29 is 5.11 Å². The predicted molar refractivity (Wildman–Crippen MR) is 76.9 cm³/mol. The molecule has 0 fully saturated rings. The first-order valence-electron chi connectivity index (χ1n) is 6.10. The van der Waals surface area contributed by atoms with E-state index in [0.29, 0.717) is 0 Å². The van der Waals surface area contributed by atoms with Crippen LogP contribution in [0.15, 0.2) is 24.3 Å². The van der Waals surface area contributed by atoms with Gasteiger partial charge in [0.25, 0.3) is 0 Å². The average Bonchev–Trinajstić information content (AvgIpc) is 2.69. The van der Waals surface area contributed by atoms with Gasteiger partial charge in [-0.1, -0.05) is 45.0 Å². The Hall–Kier alpha value is -1.19. The molecule has 2 aromatic rings. The minimum atomic E-state index is 0.0730. The monoisotopic (exact) mass is 261 g/mol. The zero-order valence-electron chi connectivity index (χ0n) is 11.3. The van der Waals surface area contributed by atoms with Gasteiger partial charge in [0.15, 0.2) is 0 Å². The summed E-state index contributed by atoms with van der Waals surface area (Å²) in [5.74, 6) is 0. The molecule has 0 aliphatic carbocycles. The Kier molecular flexibility index (Phi) is 3.55. The van der Waals surface area contributed by atoms with Crippen LogP contribution >= 0.6 is 11.3 Å². The third kappa shape index (κ3) is 2.62. The normalized spacial score (nSPS) is 11.8. The largest absolute Gasteiger partial charge is 0.391 e. The van der Waals surface area contributed by atoms with Crippen LogP contribution in [0.1, 0.15) is 36.9 Å². The van der Waals surface area contributed by atoms with E-state index in [1.54, 1.807) is 11.3 Å². The summed E-state index contributed by atoms with van der Waals surface area (Å²) in [6.45, 7) is 8.64. The lowest BCUT2D eigenvalue weighted by Crippen LogP contribution is -2.10. The molecule has 0 aliphatic heterocycles. The molecule has 0 atom stereocenters. The summed E-state index contributed by atoms with van der Waals surface area (Å²) in [4.78, 5) is 5.45. The van der Waals surface area contributed by atoms with Gasteiger partial charge in [0.1, 0.15) is 5.01 Å². The molecule has 0 amide bonds. The van der Waals surface area contributed by atoms with Crippen molar-refractivity contribution in [2.45, 2.75) is 39.7 Å². The Morgan fingerprint density at radius 3 is 2.22 bits per heavy atom. The van der Waals surface area contributed by atoms with Crippen molar-refractivity contribution in [3.05, 3.63) is 40.4 Å². The van der Waals surface area contributed by atoms with Crippen LogP contribution in [0.25, 0.3) is 10.6 Å². The topological polar surface area (TPSA) is 33.1 Å². The highest BCUT2D eigenvalue weighted by atomic mass is 32.1. The highest BCUT2D eigenvalue weighted by molar-refractivity contribution is 7.15. The van der Waals surface area contributed by atoms with Crippen molar-refractivity contribution >= 4 is 11.3 Å². The van der Waals surface area contributed by atoms with Crippen LogP contribution in [-0.2, 0) is 12.0 Å². The number of aliphatic hydroxyl groups excluding tert-OH is 1. The van der Waals surface area contributed by atoms with Crippen LogP contribution in [0.3, 0.4) is 0 Å². The molecule has 0 saturated carbocycles. The Morgan fingerprint density at radius 2 is 1.78 bits per heavy atom. The summed E-state index contributed by atoms with van der Waals surface area (Å²) in [6, 6.07) is 8.54. The van der Waals surface area contributed by atoms with Gasteiger partial charge in [0.2, 0.25) is 0 Å². The van der Waals surface area contributed by atoms with Crippen LogP contribution < -0.4 is 0 Å². The van der Waals surface area contributed by atoms with Gasteiger partial charge in [-0.25, -0.2) is 4.98 Å². The molecule has 96 valence electrons. The minimum absolute atomic E-state index is 0.0730. The maximum atomic E-state index is 9.20. The summed E-state index contributed by atoms with van der Waals surface area (Å²) in [5.41, 5.74) is 3.54. The van der Waals surface area contributed by atoms with E-state index in [1.165, 1.54) is 5.56 Å². The molecule has 0 spiro atoms. The quantitative estimate of drug-likeness (QED) is 0.889. The summed E-state index contributed by atoms with van der Waals surface area (Å²) in [6.07, 6.45) is 0. The maximum absolute atomic E-state index is 9.20. The molecule has 1 heterocycles. The SMILES string of the molecule is Cc1nc(-c2ccc(C(C)(C)C)cc2)sc1CO. The Bertz CT molecular complexity index is 535. The molecule has 0 radical (unpaired) electrons. The number of aryl methyl sites for hydroxylation is 1. The highest BCUT2D eigenvalue weighted by Gasteiger charge is 2.14. The van der Waals surface area contributed by atoms with E-state index in [0.717, 1.165) is 21.1 Å². The third-order valence-electron chi connectivity index (χ3n) is 3.03. The molecule has 3 heteroatoms. The fraction of sp³-hybridized carbons (Fsp3) is 0.400. The molecule has 1 aromatic heterocycles. The van der Waals surface area contributed by atoms with Gasteiger partial charge in [-0.3, -0.25) is 0 Å². The standard InChI is InChI=1S/C15H19NOS/c1-10-13(9-17)18-14(16-10)11-5-7-12(8-6-11)15(2,3)4/h5-8,17H,9H2,1-4H3. The lowest BCUT2D eigenvalue weighted by Gasteiger charge is -2.18. The minimum Gasteiger partial charge on any atom is -0.391 e. The molecule has 1 aromatic carbocycles. The van der Waals surface area contributed by atoms with Crippen molar-refractivity contribution in [2.75, 3.05) is 0 Å². The van der Waals surface area contributed by atoms with E-state index >= 15 is 0 Å². The Labute approximate surface area is 112 Å². The molecule has 0 aliphatic rings. The first-order valence-corrected chi connectivity index (χ1v) is 6.91.